The van der Waals surface area contributed by atoms with Gasteiger partial charge in [-0.1, -0.05) is 49.8 Å². The summed E-state index contributed by atoms with van der Waals surface area (Å²) in [5.74, 6) is 0.836. The van der Waals surface area contributed by atoms with Gasteiger partial charge in [-0.2, -0.15) is 0 Å². The van der Waals surface area contributed by atoms with Gasteiger partial charge in [-0.15, -0.1) is 0 Å². The zero-order valence-corrected chi connectivity index (χ0v) is 21.5. The van der Waals surface area contributed by atoms with Crippen LogP contribution in [0.1, 0.15) is 58.2 Å². The van der Waals surface area contributed by atoms with Crippen molar-refractivity contribution in [2.24, 2.45) is 16.5 Å². The van der Waals surface area contributed by atoms with E-state index in [-0.39, 0.29) is 0 Å². The molecule has 2 aromatic carbocycles. The number of rotatable bonds is 5. The first-order valence-corrected chi connectivity index (χ1v) is 11.8. The van der Waals surface area contributed by atoms with E-state index in [2.05, 4.69) is 17.1 Å². The Kier molecular flexibility index (Phi) is 12.1. The van der Waals surface area contributed by atoms with Crippen molar-refractivity contribution in [2.75, 3.05) is 13.1 Å². The fourth-order valence-electron chi connectivity index (χ4n) is 3.33. The van der Waals surface area contributed by atoms with Gasteiger partial charge in [0.1, 0.15) is 11.4 Å². The van der Waals surface area contributed by atoms with E-state index in [1.165, 1.54) is 11.1 Å². The van der Waals surface area contributed by atoms with Crippen LogP contribution in [0.25, 0.3) is 0 Å². The van der Waals surface area contributed by atoms with Crippen LogP contribution in [0.4, 0.5) is 5.69 Å². The highest BCUT2D eigenvalue weighted by molar-refractivity contribution is 5.98. The fourth-order valence-corrected chi connectivity index (χ4v) is 3.33. The van der Waals surface area contributed by atoms with Crippen molar-refractivity contribution in [1.29, 1.82) is 0 Å². The standard InChI is InChI=1S/C18H26N2O2.C8H11N.C2H6/c1-11(2)6-14(10-19)20-15-8-13-9-17(21)18(4,5)22-16(13)7-12(15)3;9-7-6-8-4-2-1-3-5-8;1-2/h6-8,17,21H,9-10,19H2,1-5H3;1-5H,6-7,9H2;1-2H3. The number of allylic oxidation sites excluding steroid dienone is 1. The Balaban J connectivity index is 0.000000412. The number of nitrogens with two attached hydrogens (primary N) is 2. The van der Waals surface area contributed by atoms with E-state index in [1.54, 1.807) is 0 Å². The third kappa shape index (κ3) is 9.12. The van der Waals surface area contributed by atoms with Crippen LogP contribution in [0, 0.1) is 6.92 Å². The maximum Gasteiger partial charge on any atom is 0.129 e. The second-order valence-corrected chi connectivity index (χ2v) is 8.73. The van der Waals surface area contributed by atoms with Crippen molar-refractivity contribution < 1.29 is 9.84 Å². The van der Waals surface area contributed by atoms with E-state index < -0.39 is 11.7 Å². The van der Waals surface area contributed by atoms with Gasteiger partial charge in [0, 0.05) is 13.0 Å². The van der Waals surface area contributed by atoms with E-state index >= 15 is 0 Å². The van der Waals surface area contributed by atoms with Crippen LogP contribution >= 0.6 is 0 Å². The van der Waals surface area contributed by atoms with E-state index in [0.29, 0.717) is 13.0 Å². The highest BCUT2D eigenvalue weighted by atomic mass is 16.5. The van der Waals surface area contributed by atoms with Crippen LogP contribution in [0.5, 0.6) is 5.75 Å². The molecule has 0 saturated carbocycles. The minimum Gasteiger partial charge on any atom is -0.485 e. The van der Waals surface area contributed by atoms with E-state index in [9.17, 15) is 5.11 Å². The molecule has 33 heavy (non-hydrogen) atoms. The number of nitrogens with zero attached hydrogens (tertiary/aromatic N) is 1. The Hall–Kier alpha value is -2.47. The SMILES string of the molecule is CC.CC(C)=CC(CN)=Nc1cc2c(cc1C)OC(C)(C)C(O)C2.NCCc1ccccc1. The smallest absolute Gasteiger partial charge is 0.129 e. The van der Waals surface area contributed by atoms with Gasteiger partial charge in [0.15, 0.2) is 0 Å². The molecule has 0 amide bonds. The summed E-state index contributed by atoms with van der Waals surface area (Å²) in [7, 11) is 0. The molecule has 182 valence electrons. The van der Waals surface area contributed by atoms with Crippen LogP contribution in [0.3, 0.4) is 0 Å². The summed E-state index contributed by atoms with van der Waals surface area (Å²) in [5, 5.41) is 10.2. The average Bonchev–Trinajstić information content (AvgIpc) is 2.77. The Bertz CT molecular complexity index is 914. The molecule has 1 aliphatic rings. The molecule has 1 aliphatic heterocycles. The zero-order chi connectivity index (χ0) is 25.0. The summed E-state index contributed by atoms with van der Waals surface area (Å²) in [4.78, 5) is 4.66. The molecule has 3 rings (SSSR count). The molecule has 0 spiro atoms. The van der Waals surface area contributed by atoms with Gasteiger partial charge in [0.25, 0.3) is 0 Å². The van der Waals surface area contributed by atoms with Gasteiger partial charge in [0.05, 0.1) is 17.5 Å². The fraction of sp³-hybridized carbons (Fsp3) is 0.464. The van der Waals surface area contributed by atoms with Gasteiger partial charge >= 0.3 is 0 Å². The second kappa shape index (κ2) is 13.9. The van der Waals surface area contributed by atoms with Crippen molar-refractivity contribution in [3.05, 3.63) is 70.8 Å². The molecule has 0 bridgehead atoms. The molecule has 5 nitrogen and oxygen atoms in total. The summed E-state index contributed by atoms with van der Waals surface area (Å²) in [6.45, 7) is 15.0. The molecule has 0 aromatic heterocycles. The lowest BCUT2D eigenvalue weighted by Crippen LogP contribution is -2.46. The number of aryl methyl sites for hydroxylation is 1. The van der Waals surface area contributed by atoms with Gasteiger partial charge in [0.2, 0.25) is 0 Å². The summed E-state index contributed by atoms with van der Waals surface area (Å²) < 4.78 is 5.93. The Morgan fingerprint density at radius 2 is 1.79 bits per heavy atom. The van der Waals surface area contributed by atoms with Crippen molar-refractivity contribution in [3.63, 3.8) is 0 Å². The molecular weight excluding hydrogens is 410 g/mol. The molecule has 0 fully saturated rings. The highest BCUT2D eigenvalue weighted by Gasteiger charge is 2.35. The van der Waals surface area contributed by atoms with Gasteiger partial charge in [-0.3, -0.25) is 4.99 Å². The Morgan fingerprint density at radius 3 is 2.33 bits per heavy atom. The molecule has 0 saturated heterocycles. The summed E-state index contributed by atoms with van der Waals surface area (Å²) in [6.07, 6.45) is 3.03. The summed E-state index contributed by atoms with van der Waals surface area (Å²) in [5.41, 5.74) is 16.8. The number of hydrogen-bond donors (Lipinski definition) is 3. The third-order valence-corrected chi connectivity index (χ3v) is 5.17. The molecule has 5 heteroatoms. The van der Waals surface area contributed by atoms with Crippen molar-refractivity contribution >= 4 is 11.4 Å². The number of ether oxygens (including phenoxy) is 1. The quantitative estimate of drug-likeness (QED) is 0.537. The molecule has 1 atom stereocenters. The molecule has 5 N–H and O–H groups in total. The van der Waals surface area contributed by atoms with E-state index in [0.717, 1.165) is 41.2 Å². The van der Waals surface area contributed by atoms with Crippen molar-refractivity contribution in [3.8, 4) is 5.75 Å². The Morgan fingerprint density at radius 1 is 1.15 bits per heavy atom. The normalized spacial score (nSPS) is 16.2. The average molecular weight is 454 g/mol. The Labute approximate surface area is 200 Å². The highest BCUT2D eigenvalue weighted by Crippen LogP contribution is 2.37. The predicted molar refractivity (Wildman–Crippen MR) is 142 cm³/mol. The van der Waals surface area contributed by atoms with Crippen molar-refractivity contribution in [1.82, 2.24) is 0 Å². The molecular formula is C28H43N3O2. The monoisotopic (exact) mass is 453 g/mol. The van der Waals surface area contributed by atoms with Crippen LogP contribution in [-0.2, 0) is 12.8 Å². The first-order valence-electron chi connectivity index (χ1n) is 11.8. The second-order valence-electron chi connectivity index (χ2n) is 8.73. The van der Waals surface area contributed by atoms with Crippen LogP contribution in [0.15, 0.2) is 59.1 Å². The first-order chi connectivity index (χ1) is 15.7. The molecule has 1 unspecified atom stereocenters. The number of benzene rings is 2. The topological polar surface area (TPSA) is 93.9 Å². The number of fused-ring (bicyclic) bond motifs is 1. The minimum absolute atomic E-state index is 0.397. The number of hydrogen-bond acceptors (Lipinski definition) is 5. The molecule has 2 aromatic rings. The predicted octanol–water partition coefficient (Wildman–Crippen LogP) is 5.28. The number of aliphatic hydroxyl groups excluding tert-OH is 1. The van der Waals surface area contributed by atoms with Gasteiger partial charge < -0.3 is 21.3 Å². The summed E-state index contributed by atoms with van der Waals surface area (Å²) in [6, 6.07) is 14.3. The molecule has 0 aliphatic carbocycles. The minimum atomic E-state index is -0.561. The van der Waals surface area contributed by atoms with Crippen LogP contribution in [0.2, 0.25) is 0 Å². The van der Waals surface area contributed by atoms with Crippen molar-refractivity contribution in [2.45, 2.75) is 73.0 Å². The number of aliphatic imine (C=N–C) groups is 1. The lowest BCUT2D eigenvalue weighted by Gasteiger charge is -2.37. The van der Waals surface area contributed by atoms with Crippen LogP contribution in [-0.4, -0.2) is 35.6 Å². The molecule has 1 heterocycles. The summed E-state index contributed by atoms with van der Waals surface area (Å²) >= 11 is 0. The molecule has 0 radical (unpaired) electrons. The van der Waals surface area contributed by atoms with Gasteiger partial charge in [-0.05, 0) is 82.5 Å². The first kappa shape index (κ1) is 28.6. The largest absolute Gasteiger partial charge is 0.485 e. The lowest BCUT2D eigenvalue weighted by molar-refractivity contribution is -0.0411. The zero-order valence-electron chi connectivity index (χ0n) is 21.5. The maximum atomic E-state index is 10.2. The third-order valence-electron chi connectivity index (χ3n) is 5.17. The van der Waals surface area contributed by atoms with E-state index in [1.807, 2.05) is 84.9 Å². The van der Waals surface area contributed by atoms with Crippen LogP contribution < -0.4 is 16.2 Å². The van der Waals surface area contributed by atoms with E-state index in [4.69, 9.17) is 16.2 Å². The lowest BCUT2D eigenvalue weighted by atomic mass is 9.90. The van der Waals surface area contributed by atoms with Gasteiger partial charge in [-0.25, -0.2) is 0 Å². The maximum absolute atomic E-state index is 10.2. The number of aliphatic hydroxyl groups is 1.